The lowest BCUT2D eigenvalue weighted by Gasteiger charge is -2.34. The minimum atomic E-state index is -3.76. The summed E-state index contributed by atoms with van der Waals surface area (Å²) in [5, 5.41) is 0.155. The average molecular weight is 409 g/mol. The average Bonchev–Trinajstić information content (AvgIpc) is 3.01. The lowest BCUT2D eigenvalue weighted by molar-refractivity contribution is -0.130. The van der Waals surface area contributed by atoms with Crippen LogP contribution in [0.1, 0.15) is 22.3 Å². The Labute approximate surface area is 161 Å². The molecule has 8 nitrogen and oxygen atoms in total. The number of amides is 2. The van der Waals surface area contributed by atoms with Crippen molar-refractivity contribution in [2.45, 2.75) is 18.7 Å². The largest absolute Gasteiger partial charge is 0.339 e. The molecule has 0 bridgehead atoms. The van der Waals surface area contributed by atoms with E-state index in [9.17, 15) is 18.0 Å². The van der Waals surface area contributed by atoms with Gasteiger partial charge in [-0.2, -0.15) is 0 Å². The predicted octanol–water partition coefficient (Wildman–Crippen LogP) is 1.56. The topological polar surface area (TPSA) is 99.7 Å². The van der Waals surface area contributed by atoms with Crippen LogP contribution in [0.15, 0.2) is 35.2 Å². The summed E-state index contributed by atoms with van der Waals surface area (Å²) >= 11 is 1.02. The van der Waals surface area contributed by atoms with Crippen molar-refractivity contribution in [2.24, 2.45) is 0 Å². The lowest BCUT2D eigenvalue weighted by atomic mass is 10.2. The van der Waals surface area contributed by atoms with Gasteiger partial charge in [-0.05, 0) is 19.1 Å². The van der Waals surface area contributed by atoms with Crippen LogP contribution in [0.5, 0.6) is 0 Å². The van der Waals surface area contributed by atoms with Gasteiger partial charge in [0.1, 0.15) is 4.88 Å². The van der Waals surface area contributed by atoms with Crippen molar-refractivity contribution < 1.29 is 18.0 Å². The van der Waals surface area contributed by atoms with Gasteiger partial charge < -0.3 is 9.80 Å². The zero-order valence-corrected chi connectivity index (χ0v) is 16.6. The normalized spacial score (nSPS) is 14.9. The molecule has 1 aliphatic heterocycles. The lowest BCUT2D eigenvalue weighted by Crippen LogP contribution is -2.50. The monoisotopic (exact) mass is 408 g/mol. The number of piperazine rings is 1. The highest BCUT2D eigenvalue weighted by Crippen LogP contribution is 2.26. The number of aromatic nitrogens is 1. The van der Waals surface area contributed by atoms with E-state index in [0.29, 0.717) is 36.8 Å². The summed E-state index contributed by atoms with van der Waals surface area (Å²) in [4.78, 5) is 32.3. The highest BCUT2D eigenvalue weighted by molar-refractivity contribution is 7.93. The molecular weight excluding hydrogens is 388 g/mol. The molecular formula is C17H20N4O4S2. The molecule has 2 aromatic rings. The van der Waals surface area contributed by atoms with Crippen LogP contribution in [-0.4, -0.2) is 61.2 Å². The first-order valence-electron chi connectivity index (χ1n) is 8.38. The van der Waals surface area contributed by atoms with Crippen LogP contribution in [0, 0.1) is 6.92 Å². The number of benzene rings is 1. The molecule has 0 saturated carbocycles. The van der Waals surface area contributed by atoms with Gasteiger partial charge in [0.2, 0.25) is 5.91 Å². The van der Waals surface area contributed by atoms with Gasteiger partial charge in [-0.15, -0.1) is 0 Å². The molecule has 1 aliphatic rings. The SMILES string of the molecule is CC(=O)N1CCN(C(=O)c2sc(NS(=O)(=O)c3ccccc3)nc2C)CC1. The van der Waals surface area contributed by atoms with Crippen LogP contribution < -0.4 is 4.72 Å². The fourth-order valence-corrected chi connectivity index (χ4v) is 4.97. The Morgan fingerprint density at radius 3 is 2.26 bits per heavy atom. The number of nitrogens with one attached hydrogen (secondary N) is 1. The van der Waals surface area contributed by atoms with Gasteiger partial charge in [-0.25, -0.2) is 13.4 Å². The third kappa shape index (κ3) is 4.28. The number of carbonyl (C=O) groups excluding carboxylic acids is 2. The molecule has 1 saturated heterocycles. The predicted molar refractivity (Wildman–Crippen MR) is 102 cm³/mol. The van der Waals surface area contributed by atoms with Gasteiger partial charge in [-0.3, -0.25) is 14.3 Å². The summed E-state index contributed by atoms with van der Waals surface area (Å²) in [6.07, 6.45) is 0. The zero-order valence-electron chi connectivity index (χ0n) is 15.0. The van der Waals surface area contributed by atoms with E-state index in [2.05, 4.69) is 9.71 Å². The third-order valence-corrected chi connectivity index (χ3v) is 6.82. The number of nitrogens with zero attached hydrogens (tertiary/aromatic N) is 3. The van der Waals surface area contributed by atoms with E-state index in [1.807, 2.05) is 0 Å². The highest BCUT2D eigenvalue weighted by atomic mass is 32.2. The van der Waals surface area contributed by atoms with E-state index in [-0.39, 0.29) is 21.8 Å². The molecule has 10 heteroatoms. The number of sulfonamides is 1. The molecule has 27 heavy (non-hydrogen) atoms. The molecule has 0 spiro atoms. The second-order valence-electron chi connectivity index (χ2n) is 6.15. The molecule has 1 aromatic carbocycles. The molecule has 0 aliphatic carbocycles. The maximum atomic E-state index is 12.8. The van der Waals surface area contributed by atoms with Crippen molar-refractivity contribution in [3.05, 3.63) is 40.9 Å². The van der Waals surface area contributed by atoms with Gasteiger partial charge in [0.25, 0.3) is 15.9 Å². The van der Waals surface area contributed by atoms with Gasteiger partial charge in [0, 0.05) is 33.1 Å². The summed E-state index contributed by atoms with van der Waals surface area (Å²) in [7, 11) is -3.76. The maximum absolute atomic E-state index is 12.8. The van der Waals surface area contributed by atoms with Crippen LogP contribution in [0.2, 0.25) is 0 Å². The standard InChI is InChI=1S/C17H20N4O4S2/c1-12-15(16(23)21-10-8-20(9-11-21)13(2)22)26-17(18-12)19-27(24,25)14-6-4-3-5-7-14/h3-7H,8-11H2,1-2H3,(H,18,19). The molecule has 144 valence electrons. The summed E-state index contributed by atoms with van der Waals surface area (Å²) in [6, 6.07) is 7.98. The fourth-order valence-electron chi connectivity index (χ4n) is 2.78. The molecule has 0 radical (unpaired) electrons. The number of anilines is 1. The first-order chi connectivity index (χ1) is 12.8. The Kier molecular flexibility index (Phi) is 5.47. The molecule has 1 fully saturated rings. The van der Waals surface area contributed by atoms with E-state index in [1.54, 1.807) is 34.9 Å². The summed E-state index contributed by atoms with van der Waals surface area (Å²) in [6.45, 7) is 5.06. The molecule has 0 unspecified atom stereocenters. The minimum absolute atomic E-state index is 0.00586. The van der Waals surface area contributed by atoms with E-state index >= 15 is 0 Å². The van der Waals surface area contributed by atoms with E-state index in [1.165, 1.54) is 19.1 Å². The first-order valence-corrected chi connectivity index (χ1v) is 10.7. The number of thiazole rings is 1. The van der Waals surface area contributed by atoms with E-state index in [0.717, 1.165) is 11.3 Å². The van der Waals surface area contributed by atoms with Crippen molar-refractivity contribution in [3.63, 3.8) is 0 Å². The third-order valence-electron chi connectivity index (χ3n) is 4.28. The quantitative estimate of drug-likeness (QED) is 0.828. The van der Waals surface area contributed by atoms with Crippen molar-refractivity contribution in [2.75, 3.05) is 30.9 Å². The number of aryl methyl sites for hydroxylation is 1. The van der Waals surface area contributed by atoms with Crippen LogP contribution in [0.3, 0.4) is 0 Å². The van der Waals surface area contributed by atoms with E-state index < -0.39 is 10.0 Å². The molecule has 1 aromatic heterocycles. The van der Waals surface area contributed by atoms with Crippen LogP contribution in [0.4, 0.5) is 5.13 Å². The molecule has 2 heterocycles. The smallest absolute Gasteiger partial charge is 0.266 e. The molecule has 2 amide bonds. The van der Waals surface area contributed by atoms with Crippen molar-refractivity contribution >= 4 is 38.3 Å². The van der Waals surface area contributed by atoms with Crippen LogP contribution >= 0.6 is 11.3 Å². The number of hydrogen-bond donors (Lipinski definition) is 1. The van der Waals surface area contributed by atoms with Crippen LogP contribution in [-0.2, 0) is 14.8 Å². The Hall–Kier alpha value is -2.46. The maximum Gasteiger partial charge on any atom is 0.266 e. The number of hydrogen-bond acceptors (Lipinski definition) is 6. The highest BCUT2D eigenvalue weighted by Gasteiger charge is 2.27. The zero-order chi connectivity index (χ0) is 19.6. The molecule has 1 N–H and O–H groups in total. The first kappa shape index (κ1) is 19.3. The van der Waals surface area contributed by atoms with Crippen molar-refractivity contribution in [3.8, 4) is 0 Å². The Morgan fingerprint density at radius 2 is 1.67 bits per heavy atom. The number of rotatable bonds is 4. The Balaban J connectivity index is 1.73. The fraction of sp³-hybridized carbons (Fsp3) is 0.353. The van der Waals surface area contributed by atoms with Gasteiger partial charge in [0.15, 0.2) is 5.13 Å². The Bertz CT molecular complexity index is 949. The second-order valence-corrected chi connectivity index (χ2v) is 8.83. The molecule has 3 rings (SSSR count). The van der Waals surface area contributed by atoms with E-state index in [4.69, 9.17) is 0 Å². The summed E-state index contributed by atoms with van der Waals surface area (Å²) < 4.78 is 27.3. The summed E-state index contributed by atoms with van der Waals surface area (Å²) in [5.74, 6) is -0.202. The van der Waals surface area contributed by atoms with Crippen molar-refractivity contribution in [1.82, 2.24) is 14.8 Å². The van der Waals surface area contributed by atoms with Gasteiger partial charge in [-0.1, -0.05) is 29.5 Å². The minimum Gasteiger partial charge on any atom is -0.339 e. The van der Waals surface area contributed by atoms with Gasteiger partial charge >= 0.3 is 0 Å². The Morgan fingerprint density at radius 1 is 1.07 bits per heavy atom. The summed E-state index contributed by atoms with van der Waals surface area (Å²) in [5.41, 5.74) is 0.477. The molecule has 0 atom stereocenters. The second kappa shape index (κ2) is 7.65. The van der Waals surface area contributed by atoms with Crippen LogP contribution in [0.25, 0.3) is 0 Å². The van der Waals surface area contributed by atoms with Crippen molar-refractivity contribution in [1.29, 1.82) is 0 Å². The number of carbonyl (C=O) groups is 2. The van der Waals surface area contributed by atoms with Gasteiger partial charge in [0.05, 0.1) is 10.6 Å².